The summed E-state index contributed by atoms with van der Waals surface area (Å²) in [7, 11) is 0. The van der Waals surface area contributed by atoms with Crippen LogP contribution < -0.4 is 5.32 Å². The van der Waals surface area contributed by atoms with Crippen LogP contribution in [0, 0.1) is 0 Å². The first-order chi connectivity index (χ1) is 9.08. The van der Waals surface area contributed by atoms with Gasteiger partial charge < -0.3 is 5.32 Å². The van der Waals surface area contributed by atoms with E-state index in [1.807, 2.05) is 11.3 Å². The summed E-state index contributed by atoms with van der Waals surface area (Å²) in [6, 6.07) is 11.0. The quantitative estimate of drug-likeness (QED) is 0.872. The van der Waals surface area contributed by atoms with Gasteiger partial charge in [0.25, 0.3) is 0 Å². The molecule has 0 spiro atoms. The van der Waals surface area contributed by atoms with Gasteiger partial charge in [0.15, 0.2) is 0 Å². The standard InChI is InChI=1S/C16H22N2S/c1-11(2)16-18-14(10-17-12(3)4)15(19-16)13-8-6-5-7-9-13/h5-9,11-12,17H,10H2,1-4H3. The fourth-order valence-electron chi connectivity index (χ4n) is 1.85. The number of nitrogens with zero attached hydrogens (tertiary/aromatic N) is 1. The first kappa shape index (κ1) is 14.2. The maximum atomic E-state index is 4.81. The maximum absolute atomic E-state index is 4.81. The lowest BCUT2D eigenvalue weighted by Gasteiger charge is -2.07. The van der Waals surface area contributed by atoms with Crippen LogP contribution in [-0.4, -0.2) is 11.0 Å². The summed E-state index contributed by atoms with van der Waals surface area (Å²) in [4.78, 5) is 6.12. The van der Waals surface area contributed by atoms with Gasteiger partial charge in [-0.2, -0.15) is 0 Å². The van der Waals surface area contributed by atoms with E-state index in [9.17, 15) is 0 Å². The van der Waals surface area contributed by atoms with E-state index >= 15 is 0 Å². The largest absolute Gasteiger partial charge is 0.309 e. The van der Waals surface area contributed by atoms with Gasteiger partial charge in [-0.05, 0) is 5.56 Å². The van der Waals surface area contributed by atoms with Crippen molar-refractivity contribution in [2.24, 2.45) is 0 Å². The third-order valence-electron chi connectivity index (χ3n) is 2.92. The van der Waals surface area contributed by atoms with Crippen LogP contribution in [0.4, 0.5) is 0 Å². The Kier molecular flexibility index (Phi) is 4.72. The fourth-order valence-corrected chi connectivity index (χ4v) is 2.94. The number of nitrogens with one attached hydrogen (secondary N) is 1. The summed E-state index contributed by atoms with van der Waals surface area (Å²) in [6.07, 6.45) is 0. The summed E-state index contributed by atoms with van der Waals surface area (Å²) in [6.45, 7) is 9.57. The minimum atomic E-state index is 0.479. The molecule has 1 aromatic carbocycles. The van der Waals surface area contributed by atoms with Gasteiger partial charge in [-0.3, -0.25) is 0 Å². The van der Waals surface area contributed by atoms with Crippen molar-refractivity contribution in [3.63, 3.8) is 0 Å². The molecule has 0 fully saturated rings. The van der Waals surface area contributed by atoms with Crippen molar-refractivity contribution in [2.45, 2.75) is 46.2 Å². The molecule has 2 aromatic rings. The van der Waals surface area contributed by atoms with Crippen LogP contribution in [0.1, 0.15) is 44.3 Å². The van der Waals surface area contributed by atoms with Crippen LogP contribution in [-0.2, 0) is 6.54 Å². The molecule has 0 radical (unpaired) electrons. The third kappa shape index (κ3) is 3.64. The Labute approximate surface area is 119 Å². The monoisotopic (exact) mass is 274 g/mol. The average molecular weight is 274 g/mol. The number of thiazole rings is 1. The first-order valence-corrected chi connectivity index (χ1v) is 7.68. The van der Waals surface area contributed by atoms with Crippen LogP contribution in [0.3, 0.4) is 0 Å². The molecule has 0 aliphatic carbocycles. The molecular weight excluding hydrogens is 252 g/mol. The van der Waals surface area contributed by atoms with Crippen LogP contribution in [0.25, 0.3) is 10.4 Å². The first-order valence-electron chi connectivity index (χ1n) is 6.86. The molecule has 0 bridgehead atoms. The van der Waals surface area contributed by atoms with Gasteiger partial charge in [0.2, 0.25) is 0 Å². The Morgan fingerprint density at radius 3 is 2.37 bits per heavy atom. The molecule has 0 atom stereocenters. The molecule has 0 unspecified atom stereocenters. The second-order valence-electron chi connectivity index (χ2n) is 5.38. The molecule has 0 saturated heterocycles. The smallest absolute Gasteiger partial charge is 0.0960 e. The van der Waals surface area contributed by atoms with Crippen LogP contribution in [0.5, 0.6) is 0 Å². The van der Waals surface area contributed by atoms with Crippen LogP contribution in [0.2, 0.25) is 0 Å². The Morgan fingerprint density at radius 2 is 1.79 bits per heavy atom. The summed E-state index contributed by atoms with van der Waals surface area (Å²) < 4.78 is 0. The highest BCUT2D eigenvalue weighted by molar-refractivity contribution is 7.15. The van der Waals surface area contributed by atoms with Crippen LogP contribution in [0.15, 0.2) is 30.3 Å². The zero-order chi connectivity index (χ0) is 13.8. The predicted octanol–water partition coefficient (Wildman–Crippen LogP) is 4.43. The van der Waals surface area contributed by atoms with Crippen molar-refractivity contribution in [1.29, 1.82) is 0 Å². The van der Waals surface area contributed by atoms with Gasteiger partial charge in [0, 0.05) is 18.5 Å². The molecule has 0 saturated carbocycles. The molecule has 0 amide bonds. The number of rotatable bonds is 5. The molecule has 0 aliphatic heterocycles. The number of hydrogen-bond acceptors (Lipinski definition) is 3. The van der Waals surface area contributed by atoms with E-state index < -0.39 is 0 Å². The Bertz CT molecular complexity index is 515. The van der Waals surface area contributed by atoms with E-state index in [2.05, 4.69) is 63.3 Å². The lowest BCUT2D eigenvalue weighted by Crippen LogP contribution is -2.22. The van der Waals surface area contributed by atoms with Crippen molar-refractivity contribution < 1.29 is 0 Å². The molecular formula is C16H22N2S. The summed E-state index contributed by atoms with van der Waals surface area (Å²) in [5.74, 6) is 0.486. The predicted molar refractivity (Wildman–Crippen MR) is 83.6 cm³/mol. The molecule has 3 heteroatoms. The highest BCUT2D eigenvalue weighted by Gasteiger charge is 2.14. The highest BCUT2D eigenvalue weighted by Crippen LogP contribution is 2.33. The molecule has 102 valence electrons. The van der Waals surface area contributed by atoms with E-state index in [0.717, 1.165) is 6.54 Å². The third-order valence-corrected chi connectivity index (χ3v) is 4.37. The molecule has 2 rings (SSSR count). The van der Waals surface area contributed by atoms with Gasteiger partial charge in [-0.1, -0.05) is 58.0 Å². The second-order valence-corrected chi connectivity index (χ2v) is 6.41. The van der Waals surface area contributed by atoms with Gasteiger partial charge in [-0.25, -0.2) is 4.98 Å². The SMILES string of the molecule is CC(C)NCc1nc(C(C)C)sc1-c1ccccc1. The van der Waals surface area contributed by atoms with E-state index in [0.29, 0.717) is 12.0 Å². The van der Waals surface area contributed by atoms with Crippen molar-refractivity contribution in [3.8, 4) is 10.4 Å². The van der Waals surface area contributed by atoms with Gasteiger partial charge in [0.05, 0.1) is 15.6 Å². The van der Waals surface area contributed by atoms with Crippen molar-refractivity contribution in [1.82, 2.24) is 10.3 Å². The molecule has 19 heavy (non-hydrogen) atoms. The minimum absolute atomic E-state index is 0.479. The van der Waals surface area contributed by atoms with Crippen molar-refractivity contribution >= 4 is 11.3 Å². The summed E-state index contributed by atoms with van der Waals surface area (Å²) in [5.41, 5.74) is 2.45. The van der Waals surface area contributed by atoms with Crippen molar-refractivity contribution in [3.05, 3.63) is 41.0 Å². The number of aromatic nitrogens is 1. The molecule has 2 nitrogen and oxygen atoms in total. The number of hydrogen-bond donors (Lipinski definition) is 1. The normalized spacial score (nSPS) is 11.5. The molecule has 0 aliphatic rings. The molecule has 1 heterocycles. The van der Waals surface area contributed by atoms with Gasteiger partial charge in [0.1, 0.15) is 0 Å². The Morgan fingerprint density at radius 1 is 1.11 bits per heavy atom. The van der Waals surface area contributed by atoms with E-state index in [1.54, 1.807) is 0 Å². The topological polar surface area (TPSA) is 24.9 Å². The zero-order valence-electron chi connectivity index (χ0n) is 12.1. The lowest BCUT2D eigenvalue weighted by atomic mass is 10.1. The summed E-state index contributed by atoms with van der Waals surface area (Å²) in [5, 5.41) is 4.69. The van der Waals surface area contributed by atoms with E-state index in [-0.39, 0.29) is 0 Å². The van der Waals surface area contributed by atoms with Crippen molar-refractivity contribution in [2.75, 3.05) is 0 Å². The number of benzene rings is 1. The van der Waals surface area contributed by atoms with E-state index in [1.165, 1.54) is 21.1 Å². The fraction of sp³-hybridized carbons (Fsp3) is 0.438. The Hall–Kier alpha value is -1.19. The lowest BCUT2D eigenvalue weighted by molar-refractivity contribution is 0.582. The molecule has 1 aromatic heterocycles. The average Bonchev–Trinajstić information content (AvgIpc) is 2.81. The van der Waals surface area contributed by atoms with Gasteiger partial charge >= 0.3 is 0 Å². The highest BCUT2D eigenvalue weighted by atomic mass is 32.1. The maximum Gasteiger partial charge on any atom is 0.0960 e. The zero-order valence-corrected chi connectivity index (χ0v) is 12.9. The Balaban J connectivity index is 2.34. The second kappa shape index (κ2) is 6.31. The molecule has 1 N–H and O–H groups in total. The van der Waals surface area contributed by atoms with Gasteiger partial charge in [-0.15, -0.1) is 11.3 Å². The van der Waals surface area contributed by atoms with Crippen LogP contribution >= 0.6 is 11.3 Å². The summed E-state index contributed by atoms with van der Waals surface area (Å²) >= 11 is 1.82. The minimum Gasteiger partial charge on any atom is -0.309 e. The van der Waals surface area contributed by atoms with E-state index in [4.69, 9.17) is 4.98 Å².